The first-order chi connectivity index (χ1) is 10.1. The number of aromatic nitrogens is 1. The number of sulfonamides is 1. The minimum Gasteiger partial charge on any atom is -0.384 e. The van der Waals surface area contributed by atoms with Crippen LogP contribution in [0.1, 0.15) is 18.1 Å². The molecule has 1 aliphatic rings. The van der Waals surface area contributed by atoms with Gasteiger partial charge in [-0.25, -0.2) is 8.42 Å². The van der Waals surface area contributed by atoms with Gasteiger partial charge in [-0.3, -0.25) is 4.98 Å². The van der Waals surface area contributed by atoms with Crippen LogP contribution in [0.5, 0.6) is 0 Å². The Balaban J connectivity index is 1.96. The Morgan fingerprint density at radius 2 is 1.86 bits per heavy atom. The van der Waals surface area contributed by atoms with Gasteiger partial charge in [0.15, 0.2) is 0 Å². The fourth-order valence-corrected chi connectivity index (χ4v) is 4.04. The van der Waals surface area contributed by atoms with Crippen LogP contribution in [-0.4, -0.2) is 24.3 Å². The van der Waals surface area contributed by atoms with Crippen molar-refractivity contribution in [1.29, 1.82) is 0 Å². The largest absolute Gasteiger partial charge is 0.384 e. The molecule has 2 heterocycles. The molecule has 21 heavy (non-hydrogen) atoms. The number of pyridine rings is 1. The van der Waals surface area contributed by atoms with Crippen LogP contribution in [0.2, 0.25) is 0 Å². The number of fused-ring (bicyclic) bond motifs is 1. The van der Waals surface area contributed by atoms with Crippen molar-refractivity contribution in [2.75, 3.05) is 11.9 Å². The van der Waals surface area contributed by atoms with Gasteiger partial charge < -0.3 is 5.32 Å². The molecule has 0 bridgehead atoms. The Morgan fingerprint density at radius 3 is 2.48 bits per heavy atom. The molecule has 110 valence electrons. The van der Waals surface area contributed by atoms with Gasteiger partial charge in [-0.15, -0.1) is 0 Å². The van der Waals surface area contributed by atoms with Crippen molar-refractivity contribution < 1.29 is 8.42 Å². The average molecular weight is 303 g/mol. The summed E-state index contributed by atoms with van der Waals surface area (Å²) < 4.78 is 27.2. The van der Waals surface area contributed by atoms with Crippen LogP contribution >= 0.6 is 0 Å². The number of rotatable bonds is 4. The lowest BCUT2D eigenvalue weighted by atomic mass is 10.1. The van der Waals surface area contributed by atoms with Gasteiger partial charge in [0.25, 0.3) is 0 Å². The van der Waals surface area contributed by atoms with E-state index in [-0.39, 0.29) is 4.90 Å². The Kier molecular flexibility index (Phi) is 3.65. The predicted octanol–water partition coefficient (Wildman–Crippen LogP) is 2.22. The minimum atomic E-state index is -3.55. The standard InChI is InChI=1S/C15H17N3O2S/c1-2-17-14-7-8-16-9-15(14)21(19,20)18-10-12-5-3-4-6-13(12)11-18/h3-9H,2,10-11H2,1H3,(H,16,17). The molecule has 0 amide bonds. The lowest BCUT2D eigenvalue weighted by Crippen LogP contribution is -2.26. The van der Waals surface area contributed by atoms with Crippen molar-refractivity contribution in [3.8, 4) is 0 Å². The fourth-order valence-electron chi connectivity index (χ4n) is 2.53. The van der Waals surface area contributed by atoms with Crippen LogP contribution < -0.4 is 5.32 Å². The molecular weight excluding hydrogens is 286 g/mol. The normalized spacial score (nSPS) is 14.9. The minimum absolute atomic E-state index is 0.236. The Hall–Kier alpha value is -1.92. The molecule has 2 aromatic rings. The molecule has 1 aromatic carbocycles. The molecule has 6 heteroatoms. The van der Waals surface area contributed by atoms with Gasteiger partial charge >= 0.3 is 0 Å². The quantitative estimate of drug-likeness (QED) is 0.940. The maximum absolute atomic E-state index is 12.8. The van der Waals surface area contributed by atoms with Crippen molar-refractivity contribution in [2.45, 2.75) is 24.9 Å². The summed E-state index contributed by atoms with van der Waals surface area (Å²) in [4.78, 5) is 4.20. The molecule has 0 spiro atoms. The van der Waals surface area contributed by atoms with Crippen LogP contribution in [0, 0.1) is 0 Å². The van der Waals surface area contributed by atoms with E-state index in [4.69, 9.17) is 0 Å². The Bertz CT molecular complexity index is 734. The third-order valence-electron chi connectivity index (χ3n) is 3.58. The molecule has 3 rings (SSSR count). The van der Waals surface area contributed by atoms with E-state index in [0.717, 1.165) is 11.1 Å². The Labute approximate surface area is 124 Å². The highest BCUT2D eigenvalue weighted by Crippen LogP contribution is 2.30. The summed E-state index contributed by atoms with van der Waals surface area (Å²) in [5.74, 6) is 0. The van der Waals surface area contributed by atoms with E-state index in [1.807, 2.05) is 31.2 Å². The third-order valence-corrected chi connectivity index (χ3v) is 5.40. The number of anilines is 1. The van der Waals surface area contributed by atoms with Gasteiger partial charge in [0, 0.05) is 32.0 Å². The molecule has 0 fully saturated rings. The van der Waals surface area contributed by atoms with E-state index in [1.54, 1.807) is 12.3 Å². The summed E-state index contributed by atoms with van der Waals surface area (Å²) in [6.45, 7) is 3.42. The van der Waals surface area contributed by atoms with Gasteiger partial charge in [0.05, 0.1) is 5.69 Å². The van der Waals surface area contributed by atoms with Crippen molar-refractivity contribution in [3.05, 3.63) is 53.9 Å². The van der Waals surface area contributed by atoms with E-state index in [0.29, 0.717) is 25.3 Å². The van der Waals surface area contributed by atoms with Crippen molar-refractivity contribution in [1.82, 2.24) is 9.29 Å². The lowest BCUT2D eigenvalue weighted by Gasteiger charge is -2.18. The van der Waals surface area contributed by atoms with Gasteiger partial charge in [-0.2, -0.15) is 4.31 Å². The lowest BCUT2D eigenvalue weighted by molar-refractivity contribution is 0.431. The first-order valence-corrected chi connectivity index (χ1v) is 8.31. The average Bonchev–Trinajstić information content (AvgIpc) is 2.93. The van der Waals surface area contributed by atoms with Crippen molar-refractivity contribution in [2.24, 2.45) is 0 Å². The second kappa shape index (κ2) is 5.46. The number of hydrogen-bond acceptors (Lipinski definition) is 4. The maximum atomic E-state index is 12.8. The second-order valence-electron chi connectivity index (χ2n) is 4.94. The van der Waals surface area contributed by atoms with Gasteiger partial charge in [-0.1, -0.05) is 24.3 Å². The second-order valence-corrected chi connectivity index (χ2v) is 6.85. The molecule has 0 aliphatic carbocycles. The number of hydrogen-bond donors (Lipinski definition) is 1. The first-order valence-electron chi connectivity index (χ1n) is 6.87. The van der Waals surface area contributed by atoms with Crippen LogP contribution in [0.4, 0.5) is 5.69 Å². The highest BCUT2D eigenvalue weighted by Gasteiger charge is 2.32. The molecule has 5 nitrogen and oxygen atoms in total. The summed E-state index contributed by atoms with van der Waals surface area (Å²) >= 11 is 0. The zero-order valence-electron chi connectivity index (χ0n) is 11.8. The van der Waals surface area contributed by atoms with E-state index in [1.165, 1.54) is 10.5 Å². The van der Waals surface area contributed by atoms with Gasteiger partial charge in [0.1, 0.15) is 4.90 Å². The van der Waals surface area contributed by atoms with Crippen LogP contribution in [0.15, 0.2) is 47.6 Å². The molecule has 1 aliphatic heterocycles. The van der Waals surface area contributed by atoms with E-state index < -0.39 is 10.0 Å². The molecular formula is C15H17N3O2S. The predicted molar refractivity (Wildman–Crippen MR) is 81.3 cm³/mol. The third kappa shape index (κ3) is 2.52. The van der Waals surface area contributed by atoms with E-state index >= 15 is 0 Å². The van der Waals surface area contributed by atoms with Gasteiger partial charge in [-0.05, 0) is 24.1 Å². The highest BCUT2D eigenvalue weighted by atomic mass is 32.2. The summed E-state index contributed by atoms with van der Waals surface area (Å²) in [7, 11) is -3.55. The molecule has 0 atom stereocenters. The number of nitrogens with zero attached hydrogens (tertiary/aromatic N) is 2. The van der Waals surface area contributed by atoms with Gasteiger partial charge in [0.2, 0.25) is 10.0 Å². The van der Waals surface area contributed by atoms with Crippen LogP contribution in [0.3, 0.4) is 0 Å². The van der Waals surface area contributed by atoms with Crippen molar-refractivity contribution >= 4 is 15.7 Å². The smallest absolute Gasteiger partial charge is 0.247 e. The molecule has 0 unspecified atom stereocenters. The molecule has 1 aromatic heterocycles. The monoisotopic (exact) mass is 303 g/mol. The molecule has 1 N–H and O–H groups in total. The highest BCUT2D eigenvalue weighted by molar-refractivity contribution is 7.89. The van der Waals surface area contributed by atoms with Crippen LogP contribution in [0.25, 0.3) is 0 Å². The number of benzene rings is 1. The molecule has 0 saturated heterocycles. The Morgan fingerprint density at radius 1 is 1.19 bits per heavy atom. The maximum Gasteiger partial charge on any atom is 0.247 e. The SMILES string of the molecule is CCNc1ccncc1S(=O)(=O)N1Cc2ccccc2C1. The zero-order chi connectivity index (χ0) is 14.9. The zero-order valence-corrected chi connectivity index (χ0v) is 12.6. The first kappa shape index (κ1) is 14.0. The number of nitrogens with one attached hydrogen (secondary N) is 1. The van der Waals surface area contributed by atoms with Crippen molar-refractivity contribution in [3.63, 3.8) is 0 Å². The fraction of sp³-hybridized carbons (Fsp3) is 0.267. The topological polar surface area (TPSA) is 62.3 Å². The summed E-state index contributed by atoms with van der Waals surface area (Å²) in [6, 6.07) is 9.50. The molecule has 0 radical (unpaired) electrons. The summed E-state index contributed by atoms with van der Waals surface area (Å²) in [5.41, 5.74) is 2.73. The van der Waals surface area contributed by atoms with E-state index in [2.05, 4.69) is 10.3 Å². The summed E-state index contributed by atoms with van der Waals surface area (Å²) in [5, 5.41) is 3.08. The summed E-state index contributed by atoms with van der Waals surface area (Å²) in [6.07, 6.45) is 3.01. The van der Waals surface area contributed by atoms with E-state index in [9.17, 15) is 8.42 Å². The van der Waals surface area contributed by atoms with Crippen LogP contribution in [-0.2, 0) is 23.1 Å². The molecule has 0 saturated carbocycles.